The number of fused-ring (bicyclic) bond motifs is 1. The molecule has 0 bridgehead atoms. The van der Waals surface area contributed by atoms with E-state index in [0.717, 1.165) is 33.4 Å². The molecule has 0 radical (unpaired) electrons. The molecule has 0 unspecified atom stereocenters. The van der Waals surface area contributed by atoms with E-state index in [1.807, 2.05) is 29.8 Å². The molecule has 8 heteroatoms. The third-order valence-electron chi connectivity index (χ3n) is 4.63. The quantitative estimate of drug-likeness (QED) is 0.471. The van der Waals surface area contributed by atoms with Gasteiger partial charge in [-0.05, 0) is 42.3 Å². The molecule has 0 aliphatic carbocycles. The van der Waals surface area contributed by atoms with E-state index in [9.17, 15) is 8.42 Å². The second-order valence-electron chi connectivity index (χ2n) is 6.51. The lowest BCUT2D eigenvalue weighted by molar-refractivity contribution is 0.603. The van der Waals surface area contributed by atoms with Crippen molar-refractivity contribution < 1.29 is 8.42 Å². The van der Waals surface area contributed by atoms with Gasteiger partial charge in [0.2, 0.25) is 0 Å². The standard InChI is InChI=1S/C20H18ClN3O2S2/c1-13-20(23-28(25,26)19-11-10-18(21)27-19)14(2)24(22-13)12-16-8-5-7-15-6-3-4-9-17(15)16/h3-11,23H,12H2,1-2H3. The lowest BCUT2D eigenvalue weighted by Crippen LogP contribution is -2.13. The van der Waals surface area contributed by atoms with Crippen molar-refractivity contribution in [2.45, 2.75) is 24.6 Å². The molecule has 4 rings (SSSR count). The maximum atomic E-state index is 12.7. The molecule has 0 aliphatic heterocycles. The number of hydrogen-bond acceptors (Lipinski definition) is 4. The van der Waals surface area contributed by atoms with Crippen LogP contribution in [0.4, 0.5) is 5.69 Å². The zero-order valence-electron chi connectivity index (χ0n) is 15.3. The maximum Gasteiger partial charge on any atom is 0.271 e. The summed E-state index contributed by atoms with van der Waals surface area (Å²) >= 11 is 6.91. The Balaban J connectivity index is 1.68. The third kappa shape index (κ3) is 3.53. The van der Waals surface area contributed by atoms with Gasteiger partial charge in [0.25, 0.3) is 10.0 Å². The maximum absolute atomic E-state index is 12.7. The number of nitrogens with one attached hydrogen (secondary N) is 1. The number of aryl methyl sites for hydroxylation is 1. The van der Waals surface area contributed by atoms with Crippen molar-refractivity contribution in [3.63, 3.8) is 0 Å². The third-order valence-corrected chi connectivity index (χ3v) is 7.70. The summed E-state index contributed by atoms with van der Waals surface area (Å²) in [6.07, 6.45) is 0. The Morgan fingerprint density at radius 3 is 2.57 bits per heavy atom. The van der Waals surface area contributed by atoms with Gasteiger partial charge in [-0.25, -0.2) is 8.42 Å². The number of aromatic nitrogens is 2. The first-order chi connectivity index (χ1) is 13.3. The molecule has 0 aliphatic rings. The van der Waals surface area contributed by atoms with Gasteiger partial charge in [0, 0.05) is 0 Å². The van der Waals surface area contributed by atoms with Gasteiger partial charge in [-0.1, -0.05) is 54.1 Å². The summed E-state index contributed by atoms with van der Waals surface area (Å²) in [6.45, 7) is 4.22. The van der Waals surface area contributed by atoms with Gasteiger partial charge in [-0.15, -0.1) is 11.3 Å². The number of rotatable bonds is 5. The summed E-state index contributed by atoms with van der Waals surface area (Å²) in [5.74, 6) is 0. The molecular formula is C20H18ClN3O2S2. The van der Waals surface area contributed by atoms with E-state index >= 15 is 0 Å². The van der Waals surface area contributed by atoms with E-state index in [1.54, 1.807) is 13.0 Å². The Bertz CT molecular complexity index is 1270. The van der Waals surface area contributed by atoms with E-state index in [0.29, 0.717) is 22.3 Å². The van der Waals surface area contributed by atoms with Crippen LogP contribution in [0, 0.1) is 13.8 Å². The summed E-state index contributed by atoms with van der Waals surface area (Å²) in [7, 11) is -3.70. The fraction of sp³-hybridized carbons (Fsp3) is 0.150. The first-order valence-electron chi connectivity index (χ1n) is 8.64. The normalized spacial score (nSPS) is 11.8. The van der Waals surface area contributed by atoms with E-state index in [2.05, 4.69) is 34.1 Å². The highest BCUT2D eigenvalue weighted by Gasteiger charge is 2.21. The number of thiophene rings is 1. The lowest BCUT2D eigenvalue weighted by Gasteiger charge is -2.10. The van der Waals surface area contributed by atoms with Crippen LogP contribution in [0.1, 0.15) is 17.0 Å². The molecule has 2 aromatic carbocycles. The Hall–Kier alpha value is -2.35. The van der Waals surface area contributed by atoms with Crippen LogP contribution in [0.5, 0.6) is 0 Å². The minimum absolute atomic E-state index is 0.179. The van der Waals surface area contributed by atoms with Crippen LogP contribution in [-0.2, 0) is 16.6 Å². The van der Waals surface area contributed by atoms with Crippen LogP contribution < -0.4 is 4.72 Å². The van der Waals surface area contributed by atoms with Gasteiger partial charge in [0.1, 0.15) is 4.21 Å². The van der Waals surface area contributed by atoms with Crippen molar-refractivity contribution in [2.75, 3.05) is 4.72 Å². The Kier molecular flexibility index (Phi) is 4.91. The van der Waals surface area contributed by atoms with Gasteiger partial charge >= 0.3 is 0 Å². The van der Waals surface area contributed by atoms with Crippen LogP contribution >= 0.6 is 22.9 Å². The van der Waals surface area contributed by atoms with E-state index < -0.39 is 10.0 Å². The average molecular weight is 432 g/mol. The lowest BCUT2D eigenvalue weighted by atomic mass is 10.0. The first kappa shape index (κ1) is 19.0. The number of benzene rings is 2. The molecule has 5 nitrogen and oxygen atoms in total. The van der Waals surface area contributed by atoms with Crippen molar-refractivity contribution in [2.24, 2.45) is 0 Å². The number of anilines is 1. The predicted octanol–water partition coefficient (Wildman–Crippen LogP) is 5.22. The molecule has 4 aromatic rings. The molecule has 0 atom stereocenters. The van der Waals surface area contributed by atoms with Crippen molar-refractivity contribution in [1.82, 2.24) is 9.78 Å². The van der Waals surface area contributed by atoms with Gasteiger partial charge < -0.3 is 0 Å². The van der Waals surface area contributed by atoms with Crippen molar-refractivity contribution in [1.29, 1.82) is 0 Å². The first-order valence-corrected chi connectivity index (χ1v) is 11.3. The number of hydrogen-bond donors (Lipinski definition) is 1. The van der Waals surface area contributed by atoms with Crippen molar-refractivity contribution >= 4 is 49.4 Å². The smallest absolute Gasteiger partial charge is 0.271 e. The van der Waals surface area contributed by atoms with Crippen LogP contribution in [0.2, 0.25) is 4.34 Å². The monoisotopic (exact) mass is 431 g/mol. The fourth-order valence-corrected chi connectivity index (χ4v) is 5.88. The van der Waals surface area contributed by atoms with Crippen molar-refractivity contribution in [3.8, 4) is 0 Å². The SMILES string of the molecule is Cc1nn(Cc2cccc3ccccc23)c(C)c1NS(=O)(=O)c1ccc(Cl)s1. The van der Waals surface area contributed by atoms with E-state index in [-0.39, 0.29) is 4.21 Å². The highest BCUT2D eigenvalue weighted by Crippen LogP contribution is 2.30. The Labute approximate surface area is 172 Å². The largest absolute Gasteiger partial charge is 0.275 e. The van der Waals surface area contributed by atoms with Gasteiger partial charge in [-0.2, -0.15) is 5.10 Å². The predicted molar refractivity (Wildman–Crippen MR) is 115 cm³/mol. The summed E-state index contributed by atoms with van der Waals surface area (Å²) in [5, 5.41) is 6.89. The molecular weight excluding hydrogens is 414 g/mol. The highest BCUT2D eigenvalue weighted by atomic mass is 35.5. The minimum atomic E-state index is -3.70. The second kappa shape index (κ2) is 7.24. The summed E-state index contributed by atoms with van der Waals surface area (Å²) in [4.78, 5) is 0. The number of halogens is 1. The zero-order valence-corrected chi connectivity index (χ0v) is 17.7. The van der Waals surface area contributed by atoms with Gasteiger partial charge in [-0.3, -0.25) is 9.40 Å². The Morgan fingerprint density at radius 2 is 1.82 bits per heavy atom. The van der Waals surface area contributed by atoms with Gasteiger partial charge in [0.15, 0.2) is 0 Å². The molecule has 0 amide bonds. The molecule has 2 aromatic heterocycles. The van der Waals surface area contributed by atoms with Crippen LogP contribution in [0.15, 0.2) is 58.8 Å². The molecule has 1 N–H and O–H groups in total. The summed E-state index contributed by atoms with van der Waals surface area (Å²) in [5.41, 5.74) is 3.02. The van der Waals surface area contributed by atoms with Crippen molar-refractivity contribution in [3.05, 3.63) is 75.9 Å². The molecule has 144 valence electrons. The highest BCUT2D eigenvalue weighted by molar-refractivity contribution is 7.94. The zero-order chi connectivity index (χ0) is 19.9. The second-order valence-corrected chi connectivity index (χ2v) is 10.1. The number of nitrogens with zero attached hydrogens (tertiary/aromatic N) is 2. The fourth-order valence-electron chi connectivity index (χ4n) is 3.22. The molecule has 0 saturated heterocycles. The molecule has 28 heavy (non-hydrogen) atoms. The number of sulfonamides is 1. The average Bonchev–Trinajstić information content (AvgIpc) is 3.22. The van der Waals surface area contributed by atoms with Crippen LogP contribution in [0.25, 0.3) is 10.8 Å². The molecule has 2 heterocycles. The van der Waals surface area contributed by atoms with Gasteiger partial charge in [0.05, 0.1) is 28.0 Å². The summed E-state index contributed by atoms with van der Waals surface area (Å²) in [6, 6.07) is 17.4. The van der Waals surface area contributed by atoms with E-state index in [1.165, 1.54) is 6.07 Å². The molecule has 0 spiro atoms. The summed E-state index contributed by atoms with van der Waals surface area (Å²) < 4.78 is 30.4. The Morgan fingerprint density at radius 1 is 1.07 bits per heavy atom. The minimum Gasteiger partial charge on any atom is -0.275 e. The van der Waals surface area contributed by atoms with Crippen LogP contribution in [-0.4, -0.2) is 18.2 Å². The molecule has 0 fully saturated rings. The topological polar surface area (TPSA) is 64.0 Å². The van der Waals surface area contributed by atoms with Crippen LogP contribution in [0.3, 0.4) is 0 Å². The molecule has 0 saturated carbocycles. The van der Waals surface area contributed by atoms with E-state index in [4.69, 9.17) is 11.6 Å².